The number of rotatable bonds is 9. The molecule has 0 amide bonds. The minimum absolute atomic E-state index is 0.255. The molecule has 1 rings (SSSR count). The highest BCUT2D eigenvalue weighted by Crippen LogP contribution is 2.33. The van der Waals surface area contributed by atoms with Crippen molar-refractivity contribution in [3.8, 4) is 0 Å². The van der Waals surface area contributed by atoms with E-state index in [2.05, 4.69) is 47.2 Å². The van der Waals surface area contributed by atoms with E-state index in [0.29, 0.717) is 0 Å². The Labute approximate surface area is 136 Å². The molecule has 0 aliphatic heterocycles. The fourth-order valence-electron chi connectivity index (χ4n) is 2.41. The molecule has 0 saturated carbocycles. The first kappa shape index (κ1) is 18.0. The van der Waals surface area contributed by atoms with Crippen molar-refractivity contribution in [1.82, 2.24) is 5.32 Å². The summed E-state index contributed by atoms with van der Waals surface area (Å²) in [6.45, 7) is 7.16. The van der Waals surface area contributed by atoms with Crippen LogP contribution < -0.4 is 5.32 Å². The first-order valence-electron chi connectivity index (χ1n) is 7.20. The number of benzene rings is 1. The summed E-state index contributed by atoms with van der Waals surface area (Å²) in [6.07, 6.45) is 3.28. The van der Waals surface area contributed by atoms with Gasteiger partial charge in [0.25, 0.3) is 0 Å². The van der Waals surface area contributed by atoms with Gasteiger partial charge in [-0.3, -0.25) is 0 Å². The number of hydrogen-bond acceptors (Lipinski definition) is 2. The Kier molecular flexibility index (Phi) is 8.11. The lowest BCUT2D eigenvalue weighted by Crippen LogP contribution is -2.36. The summed E-state index contributed by atoms with van der Waals surface area (Å²) in [5, 5.41) is 4.35. The second-order valence-corrected chi connectivity index (χ2v) is 6.61. The van der Waals surface area contributed by atoms with Crippen LogP contribution in [0, 0.1) is 5.41 Å². The second-order valence-electron chi connectivity index (χ2n) is 5.29. The van der Waals surface area contributed by atoms with Gasteiger partial charge in [0.15, 0.2) is 0 Å². The fraction of sp³-hybridized carbons (Fsp3) is 0.625. The lowest BCUT2D eigenvalue weighted by atomic mass is 9.77. The van der Waals surface area contributed by atoms with Crippen molar-refractivity contribution >= 4 is 27.5 Å². The third kappa shape index (κ3) is 5.36. The maximum absolute atomic E-state index is 6.36. The largest absolute Gasteiger partial charge is 0.383 e. The predicted molar refractivity (Wildman–Crippen MR) is 90.6 cm³/mol. The van der Waals surface area contributed by atoms with E-state index in [1.807, 2.05) is 6.07 Å². The molecule has 0 bridgehead atoms. The average molecular weight is 363 g/mol. The van der Waals surface area contributed by atoms with Crippen molar-refractivity contribution in [2.75, 3.05) is 26.8 Å². The minimum Gasteiger partial charge on any atom is -0.383 e. The molecule has 0 unspecified atom stereocenters. The molecule has 0 heterocycles. The maximum Gasteiger partial charge on any atom is 0.0587 e. The van der Waals surface area contributed by atoms with Crippen molar-refractivity contribution in [2.45, 2.75) is 33.1 Å². The zero-order valence-corrected chi connectivity index (χ0v) is 15.0. The zero-order valence-electron chi connectivity index (χ0n) is 12.6. The van der Waals surface area contributed by atoms with Gasteiger partial charge in [-0.1, -0.05) is 47.4 Å². The molecule has 4 heteroatoms. The number of nitrogens with one attached hydrogen (secondary N) is 1. The van der Waals surface area contributed by atoms with Crippen molar-refractivity contribution in [2.24, 2.45) is 5.41 Å². The van der Waals surface area contributed by atoms with Crippen molar-refractivity contribution in [3.05, 3.63) is 33.3 Å². The molecule has 1 aromatic carbocycles. The lowest BCUT2D eigenvalue weighted by Gasteiger charge is -2.32. The van der Waals surface area contributed by atoms with Gasteiger partial charge in [0, 0.05) is 29.7 Å². The Morgan fingerprint density at radius 3 is 2.55 bits per heavy atom. The summed E-state index contributed by atoms with van der Waals surface area (Å²) >= 11 is 9.82. The number of halogens is 2. The topological polar surface area (TPSA) is 21.3 Å². The number of methoxy groups -OCH3 is 1. The molecule has 114 valence electrons. The molecule has 0 fully saturated rings. The second kappa shape index (κ2) is 9.04. The molecule has 1 N–H and O–H groups in total. The zero-order chi connectivity index (χ0) is 15.0. The highest BCUT2D eigenvalue weighted by Gasteiger charge is 2.27. The van der Waals surface area contributed by atoms with Crippen LogP contribution in [0.5, 0.6) is 0 Å². The Morgan fingerprint density at radius 1 is 1.30 bits per heavy atom. The summed E-state index contributed by atoms with van der Waals surface area (Å²) in [4.78, 5) is 0. The van der Waals surface area contributed by atoms with Crippen LogP contribution >= 0.6 is 27.5 Å². The van der Waals surface area contributed by atoms with Crippen LogP contribution in [0.2, 0.25) is 5.02 Å². The Balaban J connectivity index is 2.74. The van der Waals surface area contributed by atoms with Gasteiger partial charge in [0.1, 0.15) is 0 Å². The van der Waals surface area contributed by atoms with Crippen LogP contribution in [-0.2, 0) is 11.2 Å². The van der Waals surface area contributed by atoms with Crippen LogP contribution in [0.1, 0.15) is 32.3 Å². The minimum atomic E-state index is 0.255. The molecule has 0 aliphatic carbocycles. The van der Waals surface area contributed by atoms with Gasteiger partial charge in [-0.25, -0.2) is 0 Å². The molecule has 0 radical (unpaired) electrons. The van der Waals surface area contributed by atoms with E-state index in [1.54, 1.807) is 7.11 Å². The Hall–Kier alpha value is -0.0900. The van der Waals surface area contributed by atoms with Crippen LogP contribution in [0.25, 0.3) is 0 Å². The van der Waals surface area contributed by atoms with E-state index in [9.17, 15) is 0 Å². The van der Waals surface area contributed by atoms with Gasteiger partial charge in [-0.05, 0) is 42.4 Å². The summed E-state index contributed by atoms with van der Waals surface area (Å²) in [6, 6.07) is 6.17. The summed E-state index contributed by atoms with van der Waals surface area (Å²) in [5.74, 6) is 0. The molecule has 0 aromatic heterocycles. The quantitative estimate of drug-likeness (QED) is 0.644. The molecule has 0 saturated heterocycles. The molecule has 0 atom stereocenters. The molecule has 2 nitrogen and oxygen atoms in total. The van der Waals surface area contributed by atoms with Crippen LogP contribution in [-0.4, -0.2) is 26.8 Å². The molecule has 20 heavy (non-hydrogen) atoms. The third-order valence-electron chi connectivity index (χ3n) is 4.06. The maximum atomic E-state index is 6.36. The van der Waals surface area contributed by atoms with Gasteiger partial charge in [0.2, 0.25) is 0 Å². The van der Waals surface area contributed by atoms with Crippen LogP contribution in [0.15, 0.2) is 22.7 Å². The highest BCUT2D eigenvalue weighted by atomic mass is 79.9. The normalized spacial score (nSPS) is 11.8. The smallest absolute Gasteiger partial charge is 0.0587 e. The first-order valence-corrected chi connectivity index (χ1v) is 8.37. The van der Waals surface area contributed by atoms with E-state index < -0.39 is 0 Å². The monoisotopic (exact) mass is 361 g/mol. The van der Waals surface area contributed by atoms with Crippen LogP contribution in [0.3, 0.4) is 0 Å². The standard InChI is InChI=1S/C16H25BrClNO/c1-4-16(5-2,12-19-8-9-20-3)11-13-6-7-14(17)10-15(13)18/h6-7,10,19H,4-5,8-9,11-12H2,1-3H3. The van der Waals surface area contributed by atoms with Crippen LogP contribution in [0.4, 0.5) is 0 Å². The Bertz CT molecular complexity index is 407. The van der Waals surface area contributed by atoms with E-state index >= 15 is 0 Å². The lowest BCUT2D eigenvalue weighted by molar-refractivity contribution is 0.185. The SMILES string of the molecule is CCC(CC)(CNCCOC)Cc1ccc(Br)cc1Cl. The highest BCUT2D eigenvalue weighted by molar-refractivity contribution is 9.10. The summed E-state index contributed by atoms with van der Waals surface area (Å²) in [5.41, 5.74) is 1.48. The molecule has 0 spiro atoms. The molecule has 0 aliphatic rings. The van der Waals surface area contributed by atoms with Crippen molar-refractivity contribution < 1.29 is 4.74 Å². The summed E-state index contributed by atoms with van der Waals surface area (Å²) in [7, 11) is 1.73. The Morgan fingerprint density at radius 2 is 2.00 bits per heavy atom. The number of ether oxygens (including phenoxy) is 1. The third-order valence-corrected chi connectivity index (χ3v) is 4.91. The molecular weight excluding hydrogens is 338 g/mol. The van der Waals surface area contributed by atoms with Gasteiger partial charge < -0.3 is 10.1 Å². The number of hydrogen-bond donors (Lipinski definition) is 1. The van der Waals surface area contributed by atoms with Gasteiger partial charge in [-0.2, -0.15) is 0 Å². The van der Waals surface area contributed by atoms with E-state index in [-0.39, 0.29) is 5.41 Å². The van der Waals surface area contributed by atoms with E-state index in [0.717, 1.165) is 48.5 Å². The van der Waals surface area contributed by atoms with Crippen molar-refractivity contribution in [1.29, 1.82) is 0 Å². The van der Waals surface area contributed by atoms with Gasteiger partial charge in [-0.15, -0.1) is 0 Å². The summed E-state index contributed by atoms with van der Waals surface area (Å²) < 4.78 is 6.12. The van der Waals surface area contributed by atoms with Gasteiger partial charge in [0.05, 0.1) is 6.61 Å². The molecular formula is C16H25BrClNO. The van der Waals surface area contributed by atoms with E-state index in [4.69, 9.17) is 16.3 Å². The predicted octanol–water partition coefficient (Wildman–Crippen LogP) is 4.69. The van der Waals surface area contributed by atoms with E-state index in [1.165, 1.54) is 5.56 Å². The van der Waals surface area contributed by atoms with Gasteiger partial charge >= 0.3 is 0 Å². The van der Waals surface area contributed by atoms with Crippen molar-refractivity contribution in [3.63, 3.8) is 0 Å². The first-order chi connectivity index (χ1) is 9.56. The fourth-order valence-corrected chi connectivity index (χ4v) is 3.15. The average Bonchev–Trinajstić information content (AvgIpc) is 2.45. The molecule has 1 aromatic rings.